The molecule has 2 aromatic rings. The van der Waals surface area contributed by atoms with E-state index in [4.69, 9.17) is 17.0 Å². The summed E-state index contributed by atoms with van der Waals surface area (Å²) in [6.07, 6.45) is 3.63. The maximum Gasteiger partial charge on any atom is 0.270 e. The summed E-state index contributed by atoms with van der Waals surface area (Å²) in [4.78, 5) is 28.0. The number of hydrogen-bond acceptors (Lipinski definition) is 7. The third-order valence-corrected chi connectivity index (χ3v) is 7.24. The van der Waals surface area contributed by atoms with E-state index in [-0.39, 0.29) is 23.1 Å². The number of amides is 1. The molecule has 2 fully saturated rings. The van der Waals surface area contributed by atoms with Crippen LogP contribution in [0.25, 0.3) is 6.08 Å². The molecule has 2 saturated heterocycles. The third kappa shape index (κ3) is 4.74. The molecule has 1 aromatic heterocycles. The largest absolute Gasteiger partial charge is 0.376 e. The number of anilines is 1. The summed E-state index contributed by atoms with van der Waals surface area (Å²) >= 11 is 6.70. The molecule has 1 amide bonds. The van der Waals surface area contributed by atoms with E-state index in [0.29, 0.717) is 45.9 Å². The Labute approximate surface area is 202 Å². The summed E-state index contributed by atoms with van der Waals surface area (Å²) in [5.74, 6) is 0.367. The predicted molar refractivity (Wildman–Crippen MR) is 134 cm³/mol. The Kier molecular flexibility index (Phi) is 6.98. The summed E-state index contributed by atoms with van der Waals surface area (Å²) in [6.45, 7) is 3.36. The molecule has 1 unspecified atom stereocenters. The number of hydrogen-bond donors (Lipinski definition) is 1. The standard InChI is InChI=1S/C24H24N4O3S2/c1-15-18(11-20-23(30)28(24(32)33-20)14-17-9-6-10-31-17)21(27(2)22(29)19(15)12-25)26-13-16-7-4-3-5-8-16/h3-5,7-8,11,17,26H,6,9-10,13-14H2,1-2H3/b20-11+. The molecule has 0 aliphatic carbocycles. The van der Waals surface area contributed by atoms with Crippen LogP contribution in [0.5, 0.6) is 0 Å². The second-order valence-electron chi connectivity index (χ2n) is 8.00. The lowest BCUT2D eigenvalue weighted by Crippen LogP contribution is -2.35. The van der Waals surface area contributed by atoms with Gasteiger partial charge in [-0.05, 0) is 37.0 Å². The highest BCUT2D eigenvalue weighted by atomic mass is 32.2. The van der Waals surface area contributed by atoms with Crippen molar-refractivity contribution >= 4 is 46.1 Å². The van der Waals surface area contributed by atoms with E-state index >= 15 is 0 Å². The summed E-state index contributed by atoms with van der Waals surface area (Å²) in [6, 6.07) is 11.8. The first-order chi connectivity index (χ1) is 15.9. The molecule has 1 N–H and O–H groups in total. The molecule has 1 atom stereocenters. The molecule has 0 saturated carbocycles. The van der Waals surface area contributed by atoms with E-state index in [9.17, 15) is 14.9 Å². The molecule has 0 spiro atoms. The van der Waals surface area contributed by atoms with Gasteiger partial charge in [0.15, 0.2) is 0 Å². The van der Waals surface area contributed by atoms with Crippen molar-refractivity contribution in [3.63, 3.8) is 0 Å². The minimum absolute atomic E-state index is 0.000533. The van der Waals surface area contributed by atoms with Gasteiger partial charge in [0, 0.05) is 25.8 Å². The van der Waals surface area contributed by atoms with Gasteiger partial charge in [-0.15, -0.1) is 0 Å². The number of pyridine rings is 1. The highest BCUT2D eigenvalue weighted by Crippen LogP contribution is 2.35. The number of carbonyl (C=O) groups is 1. The van der Waals surface area contributed by atoms with Gasteiger partial charge < -0.3 is 10.1 Å². The van der Waals surface area contributed by atoms with E-state index in [0.717, 1.165) is 18.4 Å². The average Bonchev–Trinajstić information content (AvgIpc) is 3.42. The fraction of sp³-hybridized carbons (Fsp3) is 0.333. The molecule has 1 aromatic carbocycles. The molecule has 33 heavy (non-hydrogen) atoms. The summed E-state index contributed by atoms with van der Waals surface area (Å²) in [5.41, 5.74) is 1.88. The van der Waals surface area contributed by atoms with Crippen molar-refractivity contribution in [1.29, 1.82) is 5.26 Å². The van der Waals surface area contributed by atoms with Gasteiger partial charge in [-0.25, -0.2) is 0 Å². The van der Waals surface area contributed by atoms with E-state index in [1.165, 1.54) is 16.3 Å². The van der Waals surface area contributed by atoms with Crippen LogP contribution < -0.4 is 10.9 Å². The molecule has 7 nitrogen and oxygen atoms in total. The van der Waals surface area contributed by atoms with Crippen LogP contribution in [0, 0.1) is 18.3 Å². The van der Waals surface area contributed by atoms with Crippen molar-refractivity contribution in [2.75, 3.05) is 18.5 Å². The van der Waals surface area contributed by atoms with Crippen LogP contribution in [0.2, 0.25) is 0 Å². The van der Waals surface area contributed by atoms with Crippen molar-refractivity contribution < 1.29 is 9.53 Å². The molecular weight excluding hydrogens is 456 g/mol. The Morgan fingerprint density at radius 2 is 2.09 bits per heavy atom. The number of nitrogens with zero attached hydrogens (tertiary/aromatic N) is 3. The molecule has 170 valence electrons. The van der Waals surface area contributed by atoms with E-state index in [2.05, 4.69) is 5.32 Å². The van der Waals surface area contributed by atoms with Crippen molar-refractivity contribution in [2.24, 2.45) is 7.05 Å². The number of nitriles is 1. The number of ether oxygens (including phenoxy) is 1. The topological polar surface area (TPSA) is 87.4 Å². The lowest BCUT2D eigenvalue weighted by atomic mass is 10.0. The third-order valence-electron chi connectivity index (χ3n) is 5.86. The zero-order valence-electron chi connectivity index (χ0n) is 18.5. The van der Waals surface area contributed by atoms with Crippen LogP contribution in [0.1, 0.15) is 35.1 Å². The number of carbonyl (C=O) groups excluding carboxylic acids is 1. The van der Waals surface area contributed by atoms with Gasteiger partial charge in [0.25, 0.3) is 11.5 Å². The maximum atomic E-state index is 13.2. The lowest BCUT2D eigenvalue weighted by Gasteiger charge is -2.19. The summed E-state index contributed by atoms with van der Waals surface area (Å²) < 4.78 is 7.58. The Morgan fingerprint density at radius 3 is 2.76 bits per heavy atom. The van der Waals surface area contributed by atoms with Crippen LogP contribution in [-0.4, -0.2) is 39.0 Å². The summed E-state index contributed by atoms with van der Waals surface area (Å²) in [5, 5.41) is 12.9. The number of thiocarbonyl (C=S) groups is 1. The first-order valence-corrected chi connectivity index (χ1v) is 11.9. The van der Waals surface area contributed by atoms with Crippen molar-refractivity contribution in [2.45, 2.75) is 32.4 Å². The minimum atomic E-state index is -0.381. The number of nitrogens with one attached hydrogen (secondary N) is 1. The predicted octanol–water partition coefficient (Wildman–Crippen LogP) is 3.56. The van der Waals surface area contributed by atoms with Crippen LogP contribution in [0.4, 0.5) is 5.82 Å². The number of thioether (sulfide) groups is 1. The molecule has 9 heteroatoms. The lowest BCUT2D eigenvalue weighted by molar-refractivity contribution is -0.123. The average molecular weight is 481 g/mol. The normalized spacial score (nSPS) is 19.4. The monoisotopic (exact) mass is 480 g/mol. The number of aromatic nitrogens is 1. The molecule has 2 aliphatic rings. The smallest absolute Gasteiger partial charge is 0.270 e. The van der Waals surface area contributed by atoms with Crippen molar-refractivity contribution in [3.05, 3.63) is 67.8 Å². The van der Waals surface area contributed by atoms with E-state index in [1.807, 2.05) is 36.4 Å². The van der Waals surface area contributed by atoms with Gasteiger partial charge >= 0.3 is 0 Å². The van der Waals surface area contributed by atoms with Gasteiger partial charge in [0.2, 0.25) is 0 Å². The Bertz CT molecular complexity index is 1220. The SMILES string of the molecule is Cc1c(/C=C2/SC(=S)N(CC3CCCO3)C2=O)c(NCc2ccccc2)n(C)c(=O)c1C#N. The van der Waals surface area contributed by atoms with Crippen molar-refractivity contribution in [1.82, 2.24) is 9.47 Å². The van der Waals surface area contributed by atoms with Gasteiger partial charge in [-0.1, -0.05) is 54.3 Å². The Balaban J connectivity index is 1.71. The van der Waals surface area contributed by atoms with Crippen LogP contribution in [-0.2, 0) is 23.1 Å². The minimum Gasteiger partial charge on any atom is -0.376 e. The van der Waals surface area contributed by atoms with Crippen molar-refractivity contribution in [3.8, 4) is 6.07 Å². The summed E-state index contributed by atoms with van der Waals surface area (Å²) in [7, 11) is 1.62. The van der Waals surface area contributed by atoms with E-state index in [1.54, 1.807) is 24.9 Å². The molecule has 2 aliphatic heterocycles. The zero-order valence-corrected chi connectivity index (χ0v) is 20.1. The number of benzene rings is 1. The van der Waals surface area contributed by atoms with Crippen LogP contribution >= 0.6 is 24.0 Å². The second kappa shape index (κ2) is 9.91. The Hall–Kier alpha value is -2.93. The molecule has 0 bridgehead atoms. The van der Waals surface area contributed by atoms with E-state index < -0.39 is 0 Å². The maximum absolute atomic E-state index is 13.2. The van der Waals surface area contributed by atoms with Gasteiger partial charge in [-0.3, -0.25) is 19.1 Å². The van der Waals surface area contributed by atoms with Gasteiger partial charge in [0.05, 0.1) is 17.6 Å². The zero-order chi connectivity index (χ0) is 23.5. The molecule has 0 radical (unpaired) electrons. The first kappa shape index (κ1) is 23.2. The fourth-order valence-corrected chi connectivity index (χ4v) is 5.26. The molecule has 4 rings (SSSR count). The van der Waals surface area contributed by atoms with Crippen LogP contribution in [0.15, 0.2) is 40.0 Å². The van der Waals surface area contributed by atoms with Crippen LogP contribution in [0.3, 0.4) is 0 Å². The first-order valence-electron chi connectivity index (χ1n) is 10.7. The molecular formula is C24H24N4O3S2. The highest BCUT2D eigenvalue weighted by molar-refractivity contribution is 8.26. The second-order valence-corrected chi connectivity index (χ2v) is 9.68. The molecule has 3 heterocycles. The fourth-order valence-electron chi connectivity index (χ4n) is 4.01. The van der Waals surface area contributed by atoms with Gasteiger partial charge in [0.1, 0.15) is 21.8 Å². The highest BCUT2D eigenvalue weighted by Gasteiger charge is 2.35. The number of rotatable bonds is 6. The van der Waals surface area contributed by atoms with Gasteiger partial charge in [-0.2, -0.15) is 5.26 Å². The Morgan fingerprint density at radius 1 is 1.33 bits per heavy atom. The quantitative estimate of drug-likeness (QED) is 0.500.